The molecule has 140 valence electrons. The molecule has 2 aliphatic heterocycles. The lowest BCUT2D eigenvalue weighted by atomic mass is 10.1. The van der Waals surface area contributed by atoms with E-state index in [0.29, 0.717) is 25.2 Å². The lowest BCUT2D eigenvalue weighted by Gasteiger charge is -2.23. The quantitative estimate of drug-likeness (QED) is 0.890. The van der Waals surface area contributed by atoms with E-state index in [1.165, 1.54) is 0 Å². The predicted octanol–water partition coefficient (Wildman–Crippen LogP) is 1.75. The number of furan rings is 1. The Hall–Kier alpha value is -2.85. The van der Waals surface area contributed by atoms with Crippen LogP contribution in [0.4, 0.5) is 0 Å². The fourth-order valence-electron chi connectivity index (χ4n) is 3.95. The van der Waals surface area contributed by atoms with Crippen LogP contribution in [0, 0.1) is 11.3 Å². The molecule has 0 unspecified atom stereocenters. The minimum Gasteiger partial charge on any atom is -0.464 e. The van der Waals surface area contributed by atoms with Gasteiger partial charge in [-0.15, -0.1) is 0 Å². The topological polar surface area (TPSA) is 89.6 Å². The molecule has 2 aliphatic rings. The van der Waals surface area contributed by atoms with Crippen molar-refractivity contribution in [1.29, 1.82) is 5.26 Å². The summed E-state index contributed by atoms with van der Waals surface area (Å²) in [5.41, 5.74) is 1.36. The van der Waals surface area contributed by atoms with Gasteiger partial charge in [0, 0.05) is 36.6 Å². The molecule has 1 aromatic heterocycles. The van der Waals surface area contributed by atoms with E-state index in [1.54, 1.807) is 23.3 Å². The van der Waals surface area contributed by atoms with Crippen molar-refractivity contribution in [2.24, 2.45) is 0 Å². The highest BCUT2D eigenvalue weighted by Crippen LogP contribution is 2.19. The van der Waals surface area contributed by atoms with Gasteiger partial charge in [-0.3, -0.25) is 14.5 Å². The van der Waals surface area contributed by atoms with Gasteiger partial charge in [0.25, 0.3) is 5.91 Å². The summed E-state index contributed by atoms with van der Waals surface area (Å²) < 4.78 is 5.30. The van der Waals surface area contributed by atoms with Crippen LogP contribution in [-0.2, 0) is 4.79 Å². The number of benzene rings is 1. The van der Waals surface area contributed by atoms with Gasteiger partial charge >= 0.3 is 0 Å². The number of hydrogen-bond donors (Lipinski definition) is 1. The van der Waals surface area contributed by atoms with Gasteiger partial charge in [-0.1, -0.05) is 0 Å². The van der Waals surface area contributed by atoms with Crippen LogP contribution in [0.25, 0.3) is 11.0 Å². The van der Waals surface area contributed by atoms with Crippen molar-refractivity contribution in [3.05, 3.63) is 36.1 Å². The predicted molar refractivity (Wildman–Crippen MR) is 98.9 cm³/mol. The van der Waals surface area contributed by atoms with E-state index in [1.807, 2.05) is 12.1 Å². The second kappa shape index (κ2) is 7.41. The van der Waals surface area contributed by atoms with Crippen molar-refractivity contribution in [2.45, 2.75) is 31.3 Å². The van der Waals surface area contributed by atoms with Crippen LogP contribution in [-0.4, -0.2) is 59.9 Å². The average molecular weight is 366 g/mol. The zero-order chi connectivity index (χ0) is 18.8. The smallest absolute Gasteiger partial charge is 0.251 e. The highest BCUT2D eigenvalue weighted by molar-refractivity contribution is 5.97. The Morgan fingerprint density at radius 2 is 2.15 bits per heavy atom. The van der Waals surface area contributed by atoms with Gasteiger partial charge < -0.3 is 14.6 Å². The summed E-state index contributed by atoms with van der Waals surface area (Å²) >= 11 is 0. The molecule has 7 nitrogen and oxygen atoms in total. The molecule has 0 saturated carbocycles. The van der Waals surface area contributed by atoms with Gasteiger partial charge in [0.15, 0.2) is 0 Å². The molecule has 0 radical (unpaired) electrons. The van der Waals surface area contributed by atoms with Gasteiger partial charge in [-0.05, 0) is 43.5 Å². The largest absolute Gasteiger partial charge is 0.464 e. The summed E-state index contributed by atoms with van der Waals surface area (Å²) in [5, 5.41) is 13.1. The molecule has 7 heteroatoms. The molecule has 27 heavy (non-hydrogen) atoms. The monoisotopic (exact) mass is 366 g/mol. The normalized spacial score (nSPS) is 22.9. The molecule has 0 aliphatic carbocycles. The van der Waals surface area contributed by atoms with Crippen LogP contribution in [0.1, 0.15) is 29.6 Å². The molecular formula is C20H22N4O3. The second-order valence-electron chi connectivity index (χ2n) is 7.24. The first kappa shape index (κ1) is 17.6. The van der Waals surface area contributed by atoms with E-state index in [9.17, 15) is 9.59 Å². The van der Waals surface area contributed by atoms with E-state index in [0.717, 1.165) is 36.8 Å². The maximum absolute atomic E-state index is 12.5. The minimum absolute atomic E-state index is 0.0106. The number of carbonyl (C=O) groups is 2. The van der Waals surface area contributed by atoms with Gasteiger partial charge in [0.1, 0.15) is 11.6 Å². The van der Waals surface area contributed by atoms with Crippen molar-refractivity contribution >= 4 is 22.8 Å². The van der Waals surface area contributed by atoms with Crippen molar-refractivity contribution in [3.8, 4) is 6.07 Å². The zero-order valence-electron chi connectivity index (χ0n) is 15.1. The summed E-state index contributed by atoms with van der Waals surface area (Å²) in [5.74, 6) is -0.100. The molecule has 2 fully saturated rings. The molecule has 2 saturated heterocycles. The first-order valence-electron chi connectivity index (χ1n) is 9.33. The molecule has 0 bridgehead atoms. The number of nitrogens with one attached hydrogen (secondary N) is 1. The van der Waals surface area contributed by atoms with Crippen molar-refractivity contribution in [3.63, 3.8) is 0 Å². The number of nitrogens with zero attached hydrogens (tertiary/aromatic N) is 3. The van der Waals surface area contributed by atoms with Gasteiger partial charge in [0.05, 0.1) is 18.9 Å². The third-order valence-corrected chi connectivity index (χ3v) is 5.40. The summed E-state index contributed by atoms with van der Waals surface area (Å²) in [6, 6.07) is 9.15. The third kappa shape index (κ3) is 3.67. The number of likely N-dealkylation sites (tertiary alicyclic amines) is 2. The lowest BCUT2D eigenvalue weighted by molar-refractivity contribution is -0.132. The SMILES string of the molecule is N#C[C@@H]1CCCN1C(=O)CN1CC[C@H](NC(=O)c2ccc3occc3c2)C1. The molecule has 0 spiro atoms. The molecule has 2 aromatic rings. The molecule has 4 rings (SSSR count). The number of amides is 2. The molecular weight excluding hydrogens is 344 g/mol. The van der Waals surface area contributed by atoms with E-state index in [2.05, 4.69) is 16.3 Å². The fraction of sp³-hybridized carbons (Fsp3) is 0.450. The Morgan fingerprint density at radius 1 is 1.26 bits per heavy atom. The number of hydrogen-bond acceptors (Lipinski definition) is 5. The van der Waals surface area contributed by atoms with E-state index >= 15 is 0 Å². The molecule has 3 heterocycles. The maximum atomic E-state index is 12.5. The fourth-order valence-corrected chi connectivity index (χ4v) is 3.95. The highest BCUT2D eigenvalue weighted by Gasteiger charge is 2.31. The highest BCUT2D eigenvalue weighted by atomic mass is 16.3. The first-order valence-corrected chi connectivity index (χ1v) is 9.33. The average Bonchev–Trinajstić information content (AvgIpc) is 3.41. The van der Waals surface area contributed by atoms with Gasteiger partial charge in [-0.25, -0.2) is 0 Å². The van der Waals surface area contributed by atoms with Crippen LogP contribution < -0.4 is 5.32 Å². The van der Waals surface area contributed by atoms with Crippen molar-refractivity contribution in [1.82, 2.24) is 15.1 Å². The third-order valence-electron chi connectivity index (χ3n) is 5.40. The standard InChI is InChI=1S/C20H22N4O3/c21-11-17-2-1-7-24(17)19(25)13-23-8-5-16(12-23)22-20(26)15-3-4-18-14(10-15)6-9-27-18/h3-4,6,9-10,16-17H,1-2,5,7-8,12-13H2,(H,22,26)/t16-,17-/m0/s1. The number of rotatable bonds is 4. The number of carbonyl (C=O) groups excluding carboxylic acids is 2. The summed E-state index contributed by atoms with van der Waals surface area (Å²) in [7, 11) is 0. The Bertz CT molecular complexity index is 900. The Balaban J connectivity index is 1.31. The van der Waals surface area contributed by atoms with Crippen LogP contribution in [0.5, 0.6) is 0 Å². The van der Waals surface area contributed by atoms with E-state index < -0.39 is 0 Å². The number of fused-ring (bicyclic) bond motifs is 1. The van der Waals surface area contributed by atoms with E-state index in [-0.39, 0.29) is 23.9 Å². The minimum atomic E-state index is -0.284. The summed E-state index contributed by atoms with van der Waals surface area (Å²) in [6.45, 7) is 2.39. The van der Waals surface area contributed by atoms with Crippen molar-refractivity contribution in [2.75, 3.05) is 26.2 Å². The van der Waals surface area contributed by atoms with Gasteiger partial charge in [-0.2, -0.15) is 5.26 Å². The Kier molecular flexibility index (Phi) is 4.82. The molecule has 1 aromatic carbocycles. The van der Waals surface area contributed by atoms with Crippen molar-refractivity contribution < 1.29 is 14.0 Å². The molecule has 1 N–H and O–H groups in total. The lowest BCUT2D eigenvalue weighted by Crippen LogP contribution is -2.43. The van der Waals surface area contributed by atoms with E-state index in [4.69, 9.17) is 9.68 Å². The maximum Gasteiger partial charge on any atom is 0.251 e. The van der Waals surface area contributed by atoms with Crippen LogP contribution in [0.2, 0.25) is 0 Å². The van der Waals surface area contributed by atoms with Crippen LogP contribution in [0.15, 0.2) is 34.9 Å². The van der Waals surface area contributed by atoms with Crippen LogP contribution in [0.3, 0.4) is 0 Å². The Labute approximate surface area is 157 Å². The molecule has 2 atom stereocenters. The first-order chi connectivity index (χ1) is 13.1. The molecule has 2 amide bonds. The number of nitriles is 1. The Morgan fingerprint density at radius 3 is 3.00 bits per heavy atom. The summed E-state index contributed by atoms with van der Waals surface area (Å²) in [6.07, 6.45) is 4.08. The zero-order valence-corrected chi connectivity index (χ0v) is 15.1. The van der Waals surface area contributed by atoms with Crippen LogP contribution >= 0.6 is 0 Å². The second-order valence-corrected chi connectivity index (χ2v) is 7.24. The summed E-state index contributed by atoms with van der Waals surface area (Å²) in [4.78, 5) is 28.7. The van der Waals surface area contributed by atoms with Gasteiger partial charge in [0.2, 0.25) is 5.91 Å².